The van der Waals surface area contributed by atoms with E-state index in [0.717, 1.165) is 11.4 Å². The van der Waals surface area contributed by atoms with Gasteiger partial charge in [-0.2, -0.15) is 0 Å². The number of hydrogen-bond donors (Lipinski definition) is 0. The van der Waals surface area contributed by atoms with E-state index >= 15 is 0 Å². The third-order valence-electron chi connectivity index (χ3n) is 6.54. The van der Waals surface area contributed by atoms with Crippen molar-refractivity contribution in [2.75, 3.05) is 0 Å². The maximum absolute atomic E-state index is 4.62. The topological polar surface area (TPSA) is 25.8 Å². The second kappa shape index (κ2) is 6.60. The van der Waals surface area contributed by atoms with E-state index in [9.17, 15) is 0 Å². The fraction of sp³-hybridized carbons (Fsp3) is 0. The summed E-state index contributed by atoms with van der Waals surface area (Å²) < 4.78 is 0. The lowest BCUT2D eigenvalue weighted by Gasteiger charge is -2.17. The van der Waals surface area contributed by atoms with Gasteiger partial charge in [0, 0.05) is 23.5 Å². The fourth-order valence-electron chi connectivity index (χ4n) is 5.20. The van der Waals surface area contributed by atoms with E-state index in [1.165, 1.54) is 54.2 Å². The van der Waals surface area contributed by atoms with E-state index in [4.69, 9.17) is 0 Å². The molecule has 7 rings (SSSR count). The highest BCUT2D eigenvalue weighted by Gasteiger charge is 2.17. The molecule has 0 amide bonds. The van der Waals surface area contributed by atoms with Gasteiger partial charge in [0.15, 0.2) is 0 Å². The maximum atomic E-state index is 4.62. The molecule has 148 valence electrons. The molecule has 0 aliphatic carbocycles. The molecule has 0 radical (unpaired) electrons. The van der Waals surface area contributed by atoms with Crippen LogP contribution in [0.1, 0.15) is 0 Å². The molecular formula is C30H18N2. The lowest BCUT2D eigenvalue weighted by molar-refractivity contribution is 1.33. The Morgan fingerprint density at radius 1 is 0.344 bits per heavy atom. The molecule has 7 aromatic rings. The number of hydrogen-bond acceptors (Lipinski definition) is 2. The van der Waals surface area contributed by atoms with Gasteiger partial charge in [0.05, 0.1) is 11.4 Å². The highest BCUT2D eigenvalue weighted by Crippen LogP contribution is 2.44. The summed E-state index contributed by atoms with van der Waals surface area (Å²) >= 11 is 0. The zero-order chi connectivity index (χ0) is 21.1. The molecule has 0 saturated carbocycles. The van der Waals surface area contributed by atoms with Crippen molar-refractivity contribution in [2.45, 2.75) is 0 Å². The number of fused-ring (bicyclic) bond motifs is 2. The SMILES string of the molecule is c1ccc(-c2ccc3c4ccc(-c5ccccn5)c5cccc(c6cccc2c63)c54)nc1. The largest absolute Gasteiger partial charge is 0.256 e. The Morgan fingerprint density at radius 3 is 1.22 bits per heavy atom. The third-order valence-corrected chi connectivity index (χ3v) is 6.54. The van der Waals surface area contributed by atoms with E-state index in [2.05, 4.69) is 82.8 Å². The molecule has 0 N–H and O–H groups in total. The van der Waals surface area contributed by atoms with Gasteiger partial charge in [-0.15, -0.1) is 0 Å². The van der Waals surface area contributed by atoms with Crippen LogP contribution in [0.2, 0.25) is 0 Å². The Kier molecular flexibility index (Phi) is 3.58. The Hall–Kier alpha value is -4.30. The lowest BCUT2D eigenvalue weighted by atomic mass is 9.86. The van der Waals surface area contributed by atoms with Crippen LogP contribution in [-0.2, 0) is 0 Å². The van der Waals surface area contributed by atoms with Crippen molar-refractivity contribution in [3.8, 4) is 22.5 Å². The molecule has 2 aromatic heterocycles. The normalized spacial score (nSPS) is 11.8. The van der Waals surface area contributed by atoms with E-state index in [0.29, 0.717) is 0 Å². The number of benzene rings is 5. The molecule has 2 nitrogen and oxygen atoms in total. The Labute approximate surface area is 185 Å². The van der Waals surface area contributed by atoms with Crippen molar-refractivity contribution >= 4 is 43.1 Å². The van der Waals surface area contributed by atoms with E-state index in [-0.39, 0.29) is 0 Å². The van der Waals surface area contributed by atoms with Gasteiger partial charge < -0.3 is 0 Å². The Balaban J connectivity index is 1.66. The van der Waals surface area contributed by atoms with Crippen LogP contribution >= 0.6 is 0 Å². The van der Waals surface area contributed by atoms with Crippen molar-refractivity contribution in [3.05, 3.63) is 109 Å². The van der Waals surface area contributed by atoms with Crippen molar-refractivity contribution < 1.29 is 0 Å². The molecule has 0 atom stereocenters. The molecule has 2 heterocycles. The molecule has 5 aromatic carbocycles. The summed E-state index contributed by atoms with van der Waals surface area (Å²) in [5, 5.41) is 10.2. The summed E-state index contributed by atoms with van der Waals surface area (Å²) in [6, 6.07) is 34.4. The van der Waals surface area contributed by atoms with Crippen LogP contribution in [0.25, 0.3) is 65.6 Å². The molecule has 0 fully saturated rings. The minimum atomic E-state index is 1.01. The smallest absolute Gasteiger partial charge is 0.0708 e. The van der Waals surface area contributed by atoms with Gasteiger partial charge in [0.1, 0.15) is 0 Å². The number of rotatable bonds is 2. The van der Waals surface area contributed by atoms with Crippen molar-refractivity contribution in [2.24, 2.45) is 0 Å². The van der Waals surface area contributed by atoms with Crippen LogP contribution in [-0.4, -0.2) is 9.97 Å². The standard InChI is InChI=1S/C30H18N2/c1-3-17-31-27(11-1)19-13-15-25-26-16-14-20(28-12-2-4-18-32-28)22-8-6-10-24(30(22)26)23-9-5-7-21(19)29(23)25/h1-18H. The fourth-order valence-corrected chi connectivity index (χ4v) is 5.20. The van der Waals surface area contributed by atoms with E-state index < -0.39 is 0 Å². The first-order valence-corrected chi connectivity index (χ1v) is 10.9. The van der Waals surface area contributed by atoms with Gasteiger partial charge >= 0.3 is 0 Å². The number of aromatic nitrogens is 2. The summed E-state index contributed by atoms with van der Waals surface area (Å²) in [7, 11) is 0. The average molecular weight is 406 g/mol. The van der Waals surface area contributed by atoms with Crippen LogP contribution in [0, 0.1) is 0 Å². The van der Waals surface area contributed by atoms with Gasteiger partial charge in [0.25, 0.3) is 0 Å². The van der Waals surface area contributed by atoms with Gasteiger partial charge in [0.2, 0.25) is 0 Å². The molecule has 0 unspecified atom stereocenters. The van der Waals surface area contributed by atoms with Crippen LogP contribution in [0.4, 0.5) is 0 Å². The van der Waals surface area contributed by atoms with Gasteiger partial charge in [-0.3, -0.25) is 9.97 Å². The average Bonchev–Trinajstić information content (AvgIpc) is 2.87. The van der Waals surface area contributed by atoms with Crippen LogP contribution in [0.3, 0.4) is 0 Å². The predicted octanol–water partition coefficient (Wildman–Crippen LogP) is 7.86. The number of nitrogens with zero attached hydrogens (tertiary/aromatic N) is 2. The highest BCUT2D eigenvalue weighted by atomic mass is 14.7. The van der Waals surface area contributed by atoms with Crippen LogP contribution in [0.5, 0.6) is 0 Å². The minimum absolute atomic E-state index is 1.01. The lowest BCUT2D eigenvalue weighted by Crippen LogP contribution is -1.91. The summed E-state index contributed by atoms with van der Waals surface area (Å²) in [6.07, 6.45) is 3.72. The second-order valence-electron chi connectivity index (χ2n) is 8.21. The molecule has 0 bridgehead atoms. The second-order valence-corrected chi connectivity index (χ2v) is 8.21. The molecular weight excluding hydrogens is 388 g/mol. The first kappa shape index (κ1) is 17.4. The molecule has 0 spiro atoms. The van der Waals surface area contributed by atoms with Crippen molar-refractivity contribution in [3.63, 3.8) is 0 Å². The van der Waals surface area contributed by atoms with Crippen molar-refractivity contribution in [1.29, 1.82) is 0 Å². The Morgan fingerprint density at radius 2 is 0.781 bits per heavy atom. The molecule has 32 heavy (non-hydrogen) atoms. The first-order chi connectivity index (χ1) is 15.9. The minimum Gasteiger partial charge on any atom is -0.256 e. The third kappa shape index (κ3) is 2.35. The van der Waals surface area contributed by atoms with E-state index in [1.807, 2.05) is 36.7 Å². The van der Waals surface area contributed by atoms with E-state index in [1.54, 1.807) is 0 Å². The summed E-state index contributed by atoms with van der Waals surface area (Å²) in [5.41, 5.74) is 4.36. The summed E-state index contributed by atoms with van der Waals surface area (Å²) in [5.74, 6) is 0. The monoisotopic (exact) mass is 406 g/mol. The van der Waals surface area contributed by atoms with Crippen molar-refractivity contribution in [1.82, 2.24) is 9.97 Å². The first-order valence-electron chi connectivity index (χ1n) is 10.9. The number of pyridine rings is 2. The molecule has 0 aliphatic heterocycles. The van der Waals surface area contributed by atoms with Gasteiger partial charge in [-0.05, 0) is 67.4 Å². The quantitative estimate of drug-likeness (QED) is 0.216. The summed E-state index contributed by atoms with van der Waals surface area (Å²) in [4.78, 5) is 9.25. The maximum Gasteiger partial charge on any atom is 0.0708 e. The molecule has 0 saturated heterocycles. The van der Waals surface area contributed by atoms with Crippen LogP contribution in [0.15, 0.2) is 109 Å². The highest BCUT2D eigenvalue weighted by molar-refractivity contribution is 6.35. The van der Waals surface area contributed by atoms with Crippen LogP contribution < -0.4 is 0 Å². The molecule has 2 heteroatoms. The van der Waals surface area contributed by atoms with Gasteiger partial charge in [-0.25, -0.2) is 0 Å². The van der Waals surface area contributed by atoms with Gasteiger partial charge in [-0.1, -0.05) is 72.8 Å². The zero-order valence-corrected chi connectivity index (χ0v) is 17.3. The summed E-state index contributed by atoms with van der Waals surface area (Å²) in [6.45, 7) is 0. The predicted molar refractivity (Wildman–Crippen MR) is 134 cm³/mol. The Bertz CT molecular complexity index is 1600. The molecule has 0 aliphatic rings. The zero-order valence-electron chi connectivity index (χ0n) is 17.3.